The highest BCUT2D eigenvalue weighted by Crippen LogP contribution is 2.22. The van der Waals surface area contributed by atoms with Crippen LogP contribution >= 0.6 is 0 Å². The van der Waals surface area contributed by atoms with Gasteiger partial charge in [-0.05, 0) is 30.2 Å². The fourth-order valence-corrected chi connectivity index (χ4v) is 1.97. The molecule has 2 aromatic carbocycles. The quantitative estimate of drug-likeness (QED) is 0.890. The number of hydrogen-bond donors (Lipinski definition) is 2. The second kappa shape index (κ2) is 5.91. The van der Waals surface area contributed by atoms with E-state index >= 15 is 0 Å². The van der Waals surface area contributed by atoms with Crippen molar-refractivity contribution in [3.63, 3.8) is 0 Å². The molecule has 19 heavy (non-hydrogen) atoms. The Morgan fingerprint density at radius 3 is 2.42 bits per heavy atom. The standard InChI is InChI=1S/C15H15F2NO/c16-11-6-7-13(17)12(9-11)15(19)14(18)8-10-4-2-1-3-5-10/h1-7,9,14-15,19H,8,18H2. The molecule has 0 heterocycles. The Balaban J connectivity index is 2.14. The molecule has 0 aliphatic carbocycles. The van der Waals surface area contributed by atoms with Gasteiger partial charge in [0.05, 0.1) is 6.10 Å². The highest BCUT2D eigenvalue weighted by Gasteiger charge is 2.21. The van der Waals surface area contributed by atoms with Crippen molar-refractivity contribution in [2.24, 2.45) is 5.73 Å². The number of aliphatic hydroxyl groups excluding tert-OH is 1. The monoisotopic (exact) mass is 263 g/mol. The van der Waals surface area contributed by atoms with Gasteiger partial charge in [-0.1, -0.05) is 30.3 Å². The van der Waals surface area contributed by atoms with Gasteiger partial charge in [-0.15, -0.1) is 0 Å². The van der Waals surface area contributed by atoms with Gasteiger partial charge in [0.2, 0.25) is 0 Å². The molecule has 0 aromatic heterocycles. The first-order valence-corrected chi connectivity index (χ1v) is 6.00. The number of halogens is 2. The molecule has 0 radical (unpaired) electrons. The summed E-state index contributed by atoms with van der Waals surface area (Å²) in [4.78, 5) is 0. The van der Waals surface area contributed by atoms with Crippen molar-refractivity contribution < 1.29 is 13.9 Å². The van der Waals surface area contributed by atoms with Crippen LogP contribution in [-0.2, 0) is 6.42 Å². The predicted octanol–water partition coefficient (Wildman–Crippen LogP) is 2.57. The van der Waals surface area contributed by atoms with E-state index in [2.05, 4.69) is 0 Å². The highest BCUT2D eigenvalue weighted by atomic mass is 19.1. The Morgan fingerprint density at radius 2 is 1.74 bits per heavy atom. The maximum Gasteiger partial charge on any atom is 0.129 e. The van der Waals surface area contributed by atoms with Gasteiger partial charge in [-0.25, -0.2) is 8.78 Å². The van der Waals surface area contributed by atoms with Crippen molar-refractivity contribution in [1.29, 1.82) is 0 Å². The summed E-state index contributed by atoms with van der Waals surface area (Å²) in [6.45, 7) is 0. The maximum atomic E-state index is 13.5. The van der Waals surface area contributed by atoms with E-state index in [-0.39, 0.29) is 5.56 Å². The molecular formula is C15H15F2NO. The van der Waals surface area contributed by atoms with Crippen LogP contribution in [0.1, 0.15) is 17.2 Å². The van der Waals surface area contributed by atoms with Crippen LogP contribution in [0.15, 0.2) is 48.5 Å². The molecule has 0 spiro atoms. The van der Waals surface area contributed by atoms with E-state index in [0.717, 1.165) is 23.8 Å². The summed E-state index contributed by atoms with van der Waals surface area (Å²) in [6.07, 6.45) is -0.853. The summed E-state index contributed by atoms with van der Waals surface area (Å²) >= 11 is 0. The number of benzene rings is 2. The largest absolute Gasteiger partial charge is 0.387 e. The van der Waals surface area contributed by atoms with Gasteiger partial charge in [0.15, 0.2) is 0 Å². The third-order valence-corrected chi connectivity index (χ3v) is 3.00. The molecule has 2 nitrogen and oxygen atoms in total. The molecule has 2 rings (SSSR count). The Morgan fingerprint density at radius 1 is 1.05 bits per heavy atom. The van der Waals surface area contributed by atoms with E-state index in [4.69, 9.17) is 5.73 Å². The number of hydrogen-bond acceptors (Lipinski definition) is 2. The molecule has 0 bridgehead atoms. The summed E-state index contributed by atoms with van der Waals surface area (Å²) in [5.41, 5.74) is 6.69. The first-order chi connectivity index (χ1) is 9.08. The van der Waals surface area contributed by atoms with E-state index < -0.39 is 23.8 Å². The second-order valence-electron chi connectivity index (χ2n) is 4.46. The second-order valence-corrected chi connectivity index (χ2v) is 4.46. The molecule has 100 valence electrons. The first kappa shape index (κ1) is 13.6. The number of rotatable bonds is 4. The van der Waals surface area contributed by atoms with E-state index in [1.165, 1.54) is 0 Å². The smallest absolute Gasteiger partial charge is 0.129 e. The average molecular weight is 263 g/mol. The summed E-state index contributed by atoms with van der Waals surface area (Å²) < 4.78 is 26.6. The van der Waals surface area contributed by atoms with Crippen LogP contribution < -0.4 is 5.73 Å². The molecule has 0 fully saturated rings. The summed E-state index contributed by atoms with van der Waals surface area (Å²) in [6, 6.07) is 11.6. The van der Waals surface area contributed by atoms with Gasteiger partial charge in [-0.2, -0.15) is 0 Å². The van der Waals surface area contributed by atoms with Gasteiger partial charge in [0, 0.05) is 11.6 Å². The molecule has 0 saturated carbocycles. The minimum absolute atomic E-state index is 0.108. The van der Waals surface area contributed by atoms with Crippen molar-refractivity contribution >= 4 is 0 Å². The van der Waals surface area contributed by atoms with Crippen molar-refractivity contribution in [2.75, 3.05) is 0 Å². The molecular weight excluding hydrogens is 248 g/mol. The summed E-state index contributed by atoms with van der Waals surface area (Å²) in [5.74, 6) is -1.25. The van der Waals surface area contributed by atoms with Crippen LogP contribution in [-0.4, -0.2) is 11.1 Å². The van der Waals surface area contributed by atoms with Gasteiger partial charge in [-0.3, -0.25) is 0 Å². The Hall–Kier alpha value is -1.78. The van der Waals surface area contributed by atoms with Crippen molar-refractivity contribution in [3.8, 4) is 0 Å². The first-order valence-electron chi connectivity index (χ1n) is 6.00. The van der Waals surface area contributed by atoms with E-state index in [0.29, 0.717) is 6.42 Å². The normalized spacial score (nSPS) is 14.1. The summed E-state index contributed by atoms with van der Waals surface area (Å²) in [7, 11) is 0. The number of aliphatic hydroxyl groups is 1. The Bertz CT molecular complexity index is 545. The summed E-state index contributed by atoms with van der Waals surface area (Å²) in [5, 5.41) is 10.0. The SMILES string of the molecule is NC(Cc1ccccc1)C(O)c1cc(F)ccc1F. The van der Waals surface area contributed by atoms with Crippen LogP contribution in [0.4, 0.5) is 8.78 Å². The Kier molecular flexibility index (Phi) is 4.24. The molecule has 4 heteroatoms. The zero-order chi connectivity index (χ0) is 13.8. The molecule has 0 aliphatic heterocycles. The molecule has 0 amide bonds. The minimum Gasteiger partial charge on any atom is -0.387 e. The fraction of sp³-hybridized carbons (Fsp3) is 0.200. The van der Waals surface area contributed by atoms with Gasteiger partial charge < -0.3 is 10.8 Å². The Labute approximate surface area is 110 Å². The number of nitrogens with two attached hydrogens (primary N) is 1. The van der Waals surface area contributed by atoms with Crippen LogP contribution in [0.2, 0.25) is 0 Å². The topological polar surface area (TPSA) is 46.2 Å². The predicted molar refractivity (Wildman–Crippen MR) is 69.4 cm³/mol. The van der Waals surface area contributed by atoms with Crippen molar-refractivity contribution in [3.05, 3.63) is 71.3 Å². The molecule has 2 unspecified atom stereocenters. The van der Waals surface area contributed by atoms with Gasteiger partial charge in [0.25, 0.3) is 0 Å². The van der Waals surface area contributed by atoms with Crippen molar-refractivity contribution in [1.82, 2.24) is 0 Å². The maximum absolute atomic E-state index is 13.5. The van der Waals surface area contributed by atoms with Gasteiger partial charge in [0.1, 0.15) is 11.6 Å². The third kappa shape index (κ3) is 3.36. The lowest BCUT2D eigenvalue weighted by molar-refractivity contribution is 0.141. The third-order valence-electron chi connectivity index (χ3n) is 3.00. The van der Waals surface area contributed by atoms with Crippen LogP contribution in [0.25, 0.3) is 0 Å². The van der Waals surface area contributed by atoms with Gasteiger partial charge >= 0.3 is 0 Å². The molecule has 2 aromatic rings. The zero-order valence-electron chi connectivity index (χ0n) is 10.3. The lowest BCUT2D eigenvalue weighted by Gasteiger charge is -2.19. The lowest BCUT2D eigenvalue weighted by atomic mass is 9.96. The zero-order valence-corrected chi connectivity index (χ0v) is 10.3. The molecule has 0 aliphatic rings. The van der Waals surface area contributed by atoms with Crippen LogP contribution in [0, 0.1) is 11.6 Å². The average Bonchev–Trinajstić information content (AvgIpc) is 2.42. The van der Waals surface area contributed by atoms with E-state index in [1.807, 2.05) is 30.3 Å². The molecule has 0 saturated heterocycles. The minimum atomic E-state index is -1.24. The molecule has 3 N–H and O–H groups in total. The van der Waals surface area contributed by atoms with E-state index in [1.54, 1.807) is 0 Å². The van der Waals surface area contributed by atoms with Crippen LogP contribution in [0.5, 0.6) is 0 Å². The van der Waals surface area contributed by atoms with Crippen LogP contribution in [0.3, 0.4) is 0 Å². The fourth-order valence-electron chi connectivity index (χ4n) is 1.97. The highest BCUT2D eigenvalue weighted by molar-refractivity contribution is 5.24. The van der Waals surface area contributed by atoms with E-state index in [9.17, 15) is 13.9 Å². The van der Waals surface area contributed by atoms with Crippen molar-refractivity contribution in [2.45, 2.75) is 18.6 Å². The molecule has 2 atom stereocenters. The lowest BCUT2D eigenvalue weighted by Crippen LogP contribution is -2.31.